The number of aromatic nitrogens is 1. The van der Waals surface area contributed by atoms with Crippen LogP contribution in [0.4, 0.5) is 13.2 Å². The number of hydrazone groups is 1. The summed E-state index contributed by atoms with van der Waals surface area (Å²) in [5, 5.41) is 18.7. The molecule has 4 aromatic rings. The molecule has 4 rings (SSSR count). The molecule has 0 saturated carbocycles. The number of hydrogen-bond acceptors (Lipinski definition) is 4. The molecule has 0 aliphatic rings. The third-order valence-electron chi connectivity index (χ3n) is 5.46. The number of pyridine rings is 1. The molecule has 0 unspecified atom stereocenters. The lowest BCUT2D eigenvalue weighted by Gasteiger charge is -2.10. The van der Waals surface area contributed by atoms with Gasteiger partial charge < -0.3 is 5.11 Å². The highest BCUT2D eigenvalue weighted by Crippen LogP contribution is 2.28. The number of alkyl halides is 3. The lowest BCUT2D eigenvalue weighted by atomic mass is 10.00. The molecule has 0 aliphatic carbocycles. The number of phenolic OH excluding ortho intramolecular Hbond substituents is 1. The maximum absolute atomic E-state index is 12.7. The Kier molecular flexibility index (Phi) is 7.52. The van der Waals surface area contributed by atoms with Gasteiger partial charge in [-0.25, -0.2) is 5.43 Å². The molecule has 36 heavy (non-hydrogen) atoms. The number of carbonyl (C=O) groups excluding carboxylic acids is 1. The van der Waals surface area contributed by atoms with Crippen molar-refractivity contribution in [1.29, 1.82) is 0 Å². The van der Waals surface area contributed by atoms with Gasteiger partial charge in [0.15, 0.2) is 12.4 Å². The molecule has 184 valence electrons. The van der Waals surface area contributed by atoms with E-state index in [4.69, 9.17) is 11.6 Å². The Morgan fingerprint density at radius 1 is 1.03 bits per heavy atom. The Morgan fingerprint density at radius 2 is 1.75 bits per heavy atom. The minimum Gasteiger partial charge on any atom is -0.506 e. The summed E-state index contributed by atoms with van der Waals surface area (Å²) in [7, 11) is 0. The Labute approximate surface area is 209 Å². The van der Waals surface area contributed by atoms with E-state index in [9.17, 15) is 23.1 Å². The fraction of sp³-hybridized carbons (Fsp3) is 0.115. The minimum absolute atomic E-state index is 0.0681. The maximum Gasteiger partial charge on any atom is 0.416 e. The van der Waals surface area contributed by atoms with Gasteiger partial charge in [-0.2, -0.15) is 22.8 Å². The van der Waals surface area contributed by atoms with Crippen molar-refractivity contribution in [1.82, 2.24) is 10.7 Å². The van der Waals surface area contributed by atoms with Crippen LogP contribution in [0.25, 0.3) is 10.8 Å². The number of halogens is 4. The van der Waals surface area contributed by atoms with Crippen LogP contribution in [0.15, 0.2) is 84.2 Å². The van der Waals surface area contributed by atoms with E-state index in [1.807, 2.05) is 36.4 Å². The summed E-state index contributed by atoms with van der Waals surface area (Å²) in [6.07, 6.45) is -0.0577. The Hall–Kier alpha value is -3.95. The summed E-state index contributed by atoms with van der Waals surface area (Å²) in [6.45, 7) is 0.827. The number of fused-ring (bicyclic) bond motifs is 1. The molecule has 1 amide bonds. The van der Waals surface area contributed by atoms with E-state index in [0.717, 1.165) is 34.0 Å². The van der Waals surface area contributed by atoms with Gasteiger partial charge in [0.25, 0.3) is 5.91 Å². The topological polar surface area (TPSA) is 77.6 Å². The molecule has 0 bridgehead atoms. The maximum atomic E-state index is 12.7. The second kappa shape index (κ2) is 10.8. The Balaban J connectivity index is 1.43. The SMILES string of the molecule is O=C(NN=Cc1ccc(CNC[n+]2ccc(C(F)(F)F)cc2)c2ccccc12)c1ccc(O)c(Cl)c1. The second-order valence-electron chi connectivity index (χ2n) is 7.91. The number of carbonyl (C=O) groups is 1. The molecule has 0 radical (unpaired) electrons. The summed E-state index contributed by atoms with van der Waals surface area (Å²) >= 11 is 5.85. The minimum atomic E-state index is -4.36. The number of rotatable bonds is 7. The molecule has 0 saturated heterocycles. The van der Waals surface area contributed by atoms with Crippen LogP contribution >= 0.6 is 11.6 Å². The Bertz CT molecular complexity index is 1420. The number of amides is 1. The summed E-state index contributed by atoms with van der Waals surface area (Å²) in [6, 6.07) is 17.7. The van der Waals surface area contributed by atoms with E-state index >= 15 is 0 Å². The summed E-state index contributed by atoms with van der Waals surface area (Å²) in [5.74, 6) is -0.588. The van der Waals surface area contributed by atoms with Gasteiger partial charge in [0, 0.05) is 29.8 Å². The zero-order valence-corrected chi connectivity index (χ0v) is 19.5. The Morgan fingerprint density at radius 3 is 2.44 bits per heavy atom. The van der Waals surface area contributed by atoms with Crippen LogP contribution < -0.4 is 15.3 Å². The third kappa shape index (κ3) is 5.99. The van der Waals surface area contributed by atoms with E-state index in [-0.39, 0.29) is 16.3 Å². The van der Waals surface area contributed by atoms with E-state index in [2.05, 4.69) is 15.8 Å². The van der Waals surface area contributed by atoms with Crippen molar-refractivity contribution >= 4 is 34.5 Å². The molecular formula is C26H21ClF3N4O2+. The van der Waals surface area contributed by atoms with Gasteiger partial charge >= 0.3 is 6.18 Å². The lowest BCUT2D eigenvalue weighted by molar-refractivity contribution is -0.702. The lowest BCUT2D eigenvalue weighted by Crippen LogP contribution is -2.40. The highest BCUT2D eigenvalue weighted by molar-refractivity contribution is 6.32. The average Bonchev–Trinajstić information content (AvgIpc) is 2.86. The standard InChI is InChI=1S/C26H20ClF3N4O2/c27-23-13-17(7-8-24(23)35)25(36)33-32-15-19-6-5-18(21-3-1-2-4-22(19)21)14-31-16-34-11-9-20(10-12-34)26(28,29)30/h1-13,15,31H,14,16H2,(H-,33,35,36)/p+1. The average molecular weight is 514 g/mol. The molecule has 10 heteroatoms. The molecule has 0 fully saturated rings. The van der Waals surface area contributed by atoms with E-state index in [0.29, 0.717) is 13.2 Å². The van der Waals surface area contributed by atoms with Crippen molar-refractivity contribution in [3.63, 3.8) is 0 Å². The first kappa shape index (κ1) is 25.2. The first-order valence-electron chi connectivity index (χ1n) is 10.8. The third-order valence-corrected chi connectivity index (χ3v) is 5.76. The molecule has 0 spiro atoms. The summed E-state index contributed by atoms with van der Waals surface area (Å²) in [4.78, 5) is 12.3. The number of phenols is 1. The van der Waals surface area contributed by atoms with Gasteiger partial charge in [0.2, 0.25) is 6.67 Å². The normalized spacial score (nSPS) is 11.8. The van der Waals surface area contributed by atoms with Crippen LogP contribution in [-0.4, -0.2) is 17.2 Å². The fourth-order valence-electron chi connectivity index (χ4n) is 3.60. The van der Waals surface area contributed by atoms with Crippen molar-refractivity contribution in [2.45, 2.75) is 19.4 Å². The van der Waals surface area contributed by atoms with Gasteiger partial charge in [-0.15, -0.1) is 0 Å². The smallest absolute Gasteiger partial charge is 0.416 e. The molecule has 6 nitrogen and oxygen atoms in total. The fourth-order valence-corrected chi connectivity index (χ4v) is 3.78. The number of nitrogens with one attached hydrogen (secondary N) is 2. The molecule has 0 aliphatic heterocycles. The number of aromatic hydroxyl groups is 1. The van der Waals surface area contributed by atoms with Gasteiger partial charge in [0.05, 0.1) is 16.8 Å². The monoisotopic (exact) mass is 513 g/mol. The van der Waals surface area contributed by atoms with Crippen molar-refractivity contribution in [2.75, 3.05) is 0 Å². The zero-order valence-electron chi connectivity index (χ0n) is 18.8. The van der Waals surface area contributed by atoms with E-state index < -0.39 is 17.6 Å². The van der Waals surface area contributed by atoms with Gasteiger partial charge in [-0.1, -0.05) is 48.0 Å². The first-order chi connectivity index (χ1) is 17.2. The van der Waals surface area contributed by atoms with Crippen molar-refractivity contribution in [3.05, 3.63) is 106 Å². The van der Waals surface area contributed by atoms with Crippen molar-refractivity contribution in [2.24, 2.45) is 5.10 Å². The predicted molar refractivity (Wildman–Crippen MR) is 131 cm³/mol. The first-order valence-corrected chi connectivity index (χ1v) is 11.2. The van der Waals surface area contributed by atoms with Crippen LogP contribution in [0, 0.1) is 0 Å². The number of hydrogen-bond donors (Lipinski definition) is 3. The second-order valence-corrected chi connectivity index (χ2v) is 8.32. The van der Waals surface area contributed by atoms with Crippen molar-refractivity contribution < 1.29 is 27.6 Å². The molecule has 1 aromatic heterocycles. The summed E-state index contributed by atoms with van der Waals surface area (Å²) < 4.78 is 39.8. The zero-order chi connectivity index (χ0) is 25.7. The van der Waals surface area contributed by atoms with E-state index in [1.54, 1.807) is 4.57 Å². The van der Waals surface area contributed by atoms with Gasteiger partial charge in [-0.05, 0) is 34.5 Å². The van der Waals surface area contributed by atoms with Crippen LogP contribution in [-0.2, 0) is 19.4 Å². The largest absolute Gasteiger partial charge is 0.506 e. The van der Waals surface area contributed by atoms with Crippen LogP contribution in [0.1, 0.15) is 27.0 Å². The van der Waals surface area contributed by atoms with Crippen LogP contribution in [0.5, 0.6) is 5.75 Å². The van der Waals surface area contributed by atoms with Gasteiger partial charge in [-0.3, -0.25) is 10.1 Å². The highest BCUT2D eigenvalue weighted by atomic mass is 35.5. The molecular weight excluding hydrogens is 493 g/mol. The molecule has 1 heterocycles. The quantitative estimate of drug-likeness (QED) is 0.184. The van der Waals surface area contributed by atoms with E-state index in [1.165, 1.54) is 36.8 Å². The number of nitrogens with zero attached hydrogens (tertiary/aromatic N) is 2. The predicted octanol–water partition coefficient (Wildman–Crippen LogP) is 5.02. The van der Waals surface area contributed by atoms with Crippen LogP contribution in [0.2, 0.25) is 5.02 Å². The number of benzene rings is 3. The molecule has 3 N–H and O–H groups in total. The summed E-state index contributed by atoms with van der Waals surface area (Å²) in [5.41, 5.74) is 3.80. The molecule has 3 aromatic carbocycles. The van der Waals surface area contributed by atoms with Gasteiger partial charge in [0.1, 0.15) is 5.75 Å². The van der Waals surface area contributed by atoms with Crippen LogP contribution in [0.3, 0.4) is 0 Å². The van der Waals surface area contributed by atoms with Crippen molar-refractivity contribution in [3.8, 4) is 5.75 Å². The highest BCUT2D eigenvalue weighted by Gasteiger charge is 2.31. The molecule has 0 atom stereocenters.